The molecule has 0 aromatic carbocycles. The van der Waals surface area contributed by atoms with Crippen LogP contribution in [0.4, 0.5) is 0 Å². The third kappa shape index (κ3) is 2.32. The van der Waals surface area contributed by atoms with Crippen LogP contribution in [0.25, 0.3) is 0 Å². The minimum atomic E-state index is 0.352. The summed E-state index contributed by atoms with van der Waals surface area (Å²) >= 11 is 1.71. The molecule has 1 aromatic heterocycles. The lowest BCUT2D eigenvalue weighted by molar-refractivity contribution is -0.0991. The molecule has 0 saturated carbocycles. The molecule has 0 unspecified atom stereocenters. The quantitative estimate of drug-likeness (QED) is 0.822. The summed E-state index contributed by atoms with van der Waals surface area (Å²) in [6, 6.07) is 0. The summed E-state index contributed by atoms with van der Waals surface area (Å²) in [5.74, 6) is 0. The number of rotatable bonds is 4. The standard InChI is InChI=1S/C10H16N2OS/c1-8-12-9(4-14-8)3-11-5-10(2)6-13-7-10/h4,11H,3,5-7H2,1-2H3. The second-order valence-electron chi connectivity index (χ2n) is 4.26. The van der Waals surface area contributed by atoms with Crippen molar-refractivity contribution in [3.8, 4) is 0 Å². The largest absolute Gasteiger partial charge is 0.380 e. The number of thiazole rings is 1. The normalized spacial score (nSPS) is 19.3. The van der Waals surface area contributed by atoms with Crippen molar-refractivity contribution in [2.45, 2.75) is 20.4 Å². The lowest BCUT2D eigenvalue weighted by atomic mass is 9.89. The average molecular weight is 212 g/mol. The minimum Gasteiger partial charge on any atom is -0.380 e. The number of ether oxygens (including phenoxy) is 1. The van der Waals surface area contributed by atoms with E-state index in [1.165, 1.54) is 0 Å². The molecule has 78 valence electrons. The molecule has 0 bridgehead atoms. The van der Waals surface area contributed by atoms with Crippen molar-refractivity contribution in [1.29, 1.82) is 0 Å². The van der Waals surface area contributed by atoms with E-state index in [1.54, 1.807) is 11.3 Å². The first-order valence-corrected chi connectivity index (χ1v) is 5.75. The zero-order valence-corrected chi connectivity index (χ0v) is 9.49. The molecule has 0 amide bonds. The Morgan fingerprint density at radius 3 is 2.93 bits per heavy atom. The third-order valence-electron chi connectivity index (χ3n) is 2.43. The number of aryl methyl sites for hydroxylation is 1. The molecule has 3 nitrogen and oxygen atoms in total. The fourth-order valence-corrected chi connectivity index (χ4v) is 2.15. The van der Waals surface area contributed by atoms with Crippen LogP contribution in [0.1, 0.15) is 17.6 Å². The van der Waals surface area contributed by atoms with Crippen molar-refractivity contribution in [3.05, 3.63) is 16.1 Å². The first kappa shape index (κ1) is 10.1. The molecule has 0 aliphatic carbocycles. The smallest absolute Gasteiger partial charge is 0.0897 e. The highest BCUT2D eigenvalue weighted by molar-refractivity contribution is 7.09. The molecule has 1 fully saturated rings. The minimum absolute atomic E-state index is 0.352. The van der Waals surface area contributed by atoms with Gasteiger partial charge in [-0.3, -0.25) is 0 Å². The summed E-state index contributed by atoms with van der Waals surface area (Å²) in [5, 5.41) is 6.67. The van der Waals surface area contributed by atoms with E-state index in [2.05, 4.69) is 22.6 Å². The fourth-order valence-electron chi connectivity index (χ4n) is 1.53. The van der Waals surface area contributed by atoms with Gasteiger partial charge in [0.05, 0.1) is 23.9 Å². The Kier molecular flexibility index (Phi) is 2.85. The Morgan fingerprint density at radius 1 is 1.64 bits per heavy atom. The van der Waals surface area contributed by atoms with E-state index in [1.807, 2.05) is 6.92 Å². The van der Waals surface area contributed by atoms with Crippen LogP contribution in [0.15, 0.2) is 5.38 Å². The van der Waals surface area contributed by atoms with Gasteiger partial charge in [0, 0.05) is 23.9 Å². The number of nitrogens with one attached hydrogen (secondary N) is 1. The Labute approximate surface area is 88.5 Å². The van der Waals surface area contributed by atoms with Gasteiger partial charge in [0.2, 0.25) is 0 Å². The van der Waals surface area contributed by atoms with Crippen molar-refractivity contribution < 1.29 is 4.74 Å². The Morgan fingerprint density at radius 2 is 2.43 bits per heavy atom. The molecule has 4 heteroatoms. The number of hydrogen-bond donors (Lipinski definition) is 1. The second kappa shape index (κ2) is 3.96. The summed E-state index contributed by atoms with van der Waals surface area (Å²) in [4.78, 5) is 4.40. The first-order chi connectivity index (χ1) is 6.68. The second-order valence-corrected chi connectivity index (χ2v) is 5.33. The summed E-state index contributed by atoms with van der Waals surface area (Å²) in [6.45, 7) is 7.95. The van der Waals surface area contributed by atoms with Crippen LogP contribution in [0.5, 0.6) is 0 Å². The van der Waals surface area contributed by atoms with Gasteiger partial charge in [0.15, 0.2) is 0 Å². The van der Waals surface area contributed by atoms with Crippen LogP contribution in [-0.4, -0.2) is 24.7 Å². The molecular weight excluding hydrogens is 196 g/mol. The van der Waals surface area contributed by atoms with E-state index in [0.29, 0.717) is 5.41 Å². The van der Waals surface area contributed by atoms with Crippen molar-refractivity contribution in [2.24, 2.45) is 5.41 Å². The summed E-state index contributed by atoms with van der Waals surface area (Å²) in [7, 11) is 0. The highest BCUT2D eigenvalue weighted by atomic mass is 32.1. The average Bonchev–Trinajstić information content (AvgIpc) is 2.49. The molecule has 0 radical (unpaired) electrons. The Balaban J connectivity index is 1.72. The molecule has 1 aliphatic heterocycles. The van der Waals surface area contributed by atoms with Crippen LogP contribution >= 0.6 is 11.3 Å². The van der Waals surface area contributed by atoms with E-state index in [-0.39, 0.29) is 0 Å². The Hall–Kier alpha value is -0.450. The summed E-state index contributed by atoms with van der Waals surface area (Å²) in [5.41, 5.74) is 1.50. The van der Waals surface area contributed by atoms with E-state index in [4.69, 9.17) is 4.74 Å². The zero-order valence-electron chi connectivity index (χ0n) is 8.67. The fraction of sp³-hybridized carbons (Fsp3) is 0.700. The van der Waals surface area contributed by atoms with Gasteiger partial charge in [-0.25, -0.2) is 4.98 Å². The lowest BCUT2D eigenvalue weighted by Gasteiger charge is -2.38. The van der Waals surface area contributed by atoms with Gasteiger partial charge in [-0.05, 0) is 6.92 Å². The van der Waals surface area contributed by atoms with Crippen molar-refractivity contribution in [1.82, 2.24) is 10.3 Å². The highest BCUT2D eigenvalue weighted by Crippen LogP contribution is 2.25. The van der Waals surface area contributed by atoms with Gasteiger partial charge in [-0.15, -0.1) is 11.3 Å². The Bertz CT molecular complexity index is 307. The number of aromatic nitrogens is 1. The monoisotopic (exact) mass is 212 g/mol. The molecule has 2 heterocycles. The maximum absolute atomic E-state index is 5.19. The van der Waals surface area contributed by atoms with E-state index in [9.17, 15) is 0 Å². The van der Waals surface area contributed by atoms with Crippen LogP contribution in [0.3, 0.4) is 0 Å². The topological polar surface area (TPSA) is 34.2 Å². The van der Waals surface area contributed by atoms with Crippen LogP contribution in [-0.2, 0) is 11.3 Å². The van der Waals surface area contributed by atoms with Crippen molar-refractivity contribution in [3.63, 3.8) is 0 Å². The third-order valence-corrected chi connectivity index (χ3v) is 3.25. The van der Waals surface area contributed by atoms with Gasteiger partial charge in [0.25, 0.3) is 0 Å². The number of hydrogen-bond acceptors (Lipinski definition) is 4. The SMILES string of the molecule is Cc1nc(CNCC2(C)COC2)cs1. The van der Waals surface area contributed by atoms with Gasteiger partial charge in [-0.2, -0.15) is 0 Å². The molecule has 2 rings (SSSR count). The van der Waals surface area contributed by atoms with Crippen LogP contribution in [0, 0.1) is 12.3 Å². The molecule has 0 atom stereocenters. The van der Waals surface area contributed by atoms with Crippen molar-refractivity contribution >= 4 is 11.3 Å². The van der Waals surface area contributed by atoms with Crippen LogP contribution in [0.2, 0.25) is 0 Å². The van der Waals surface area contributed by atoms with Gasteiger partial charge in [0.1, 0.15) is 0 Å². The van der Waals surface area contributed by atoms with Gasteiger partial charge < -0.3 is 10.1 Å². The van der Waals surface area contributed by atoms with Crippen LogP contribution < -0.4 is 5.32 Å². The summed E-state index contributed by atoms with van der Waals surface area (Å²) < 4.78 is 5.19. The van der Waals surface area contributed by atoms with E-state index < -0.39 is 0 Å². The molecule has 14 heavy (non-hydrogen) atoms. The number of nitrogens with zero attached hydrogens (tertiary/aromatic N) is 1. The predicted octanol–water partition coefficient (Wildman–Crippen LogP) is 1.58. The van der Waals surface area contributed by atoms with E-state index in [0.717, 1.165) is 37.0 Å². The first-order valence-electron chi connectivity index (χ1n) is 4.87. The van der Waals surface area contributed by atoms with Gasteiger partial charge in [-0.1, -0.05) is 6.92 Å². The maximum atomic E-state index is 5.19. The maximum Gasteiger partial charge on any atom is 0.0897 e. The molecule has 0 spiro atoms. The predicted molar refractivity (Wildman–Crippen MR) is 57.5 cm³/mol. The molecule has 1 aromatic rings. The molecule has 1 saturated heterocycles. The van der Waals surface area contributed by atoms with Crippen molar-refractivity contribution in [2.75, 3.05) is 19.8 Å². The van der Waals surface area contributed by atoms with E-state index >= 15 is 0 Å². The molecule has 1 N–H and O–H groups in total. The highest BCUT2D eigenvalue weighted by Gasteiger charge is 2.32. The molecule has 1 aliphatic rings. The lowest BCUT2D eigenvalue weighted by Crippen LogP contribution is -2.47. The summed E-state index contributed by atoms with van der Waals surface area (Å²) in [6.07, 6.45) is 0. The molecular formula is C10H16N2OS. The van der Waals surface area contributed by atoms with Gasteiger partial charge >= 0.3 is 0 Å². The zero-order chi connectivity index (χ0) is 10.0.